The Morgan fingerprint density at radius 2 is 1.50 bits per heavy atom. The lowest BCUT2D eigenvalue weighted by Gasteiger charge is -1.36. The predicted molar refractivity (Wildman–Crippen MR) is 30.6 cm³/mol. The molecule has 0 amide bonds. The van der Waals surface area contributed by atoms with Gasteiger partial charge in [-0.15, -0.1) is 11.6 Å². The molecule has 6 heavy (non-hydrogen) atoms. The average Bonchev–Trinajstić information content (AvgIpc) is 1.39. The van der Waals surface area contributed by atoms with Gasteiger partial charge in [0.05, 0.1) is 0 Å². The summed E-state index contributed by atoms with van der Waals surface area (Å²) in [6, 6.07) is 0. The highest BCUT2D eigenvalue weighted by molar-refractivity contribution is 6.31. The predicted octanol–water partition coefficient (Wildman–Crippen LogP) is 0.724. The van der Waals surface area contributed by atoms with Crippen LogP contribution in [-0.4, -0.2) is 21.5 Å². The molecule has 1 nitrogen and oxygen atoms in total. The van der Waals surface area contributed by atoms with Gasteiger partial charge in [-0.2, -0.15) is 0 Å². The molecular formula is C4H11AlO. The second-order valence-electron chi connectivity index (χ2n) is 0.943. The fraction of sp³-hybridized carbons (Fsp3) is 0.750. The third-order valence-corrected chi connectivity index (χ3v) is 0. The van der Waals surface area contributed by atoms with E-state index in [0.717, 1.165) is 6.29 Å². The summed E-state index contributed by atoms with van der Waals surface area (Å²) in [5.41, 5.74) is 0. The molecule has 36 valence electrons. The Morgan fingerprint density at radius 3 is 1.50 bits per heavy atom. The lowest BCUT2D eigenvalue weighted by Crippen LogP contribution is -1.53. The van der Waals surface area contributed by atoms with E-state index in [1.54, 1.807) is 0 Å². The van der Waals surface area contributed by atoms with Crippen molar-refractivity contribution in [3.63, 3.8) is 0 Å². The molecule has 0 bridgehead atoms. The Balaban J connectivity index is 0. The van der Waals surface area contributed by atoms with Crippen molar-refractivity contribution >= 4 is 21.5 Å². The summed E-state index contributed by atoms with van der Waals surface area (Å²) < 4.78 is 0. The number of carbonyl (C=O) groups excluding carboxylic acids is 1. The first-order valence-electron chi connectivity index (χ1n) is 2.23. The van der Waals surface area contributed by atoms with E-state index in [9.17, 15) is 0 Å². The van der Waals surface area contributed by atoms with Gasteiger partial charge in [0, 0.05) is 0 Å². The first-order valence-corrected chi connectivity index (χ1v) is 5.06. The van der Waals surface area contributed by atoms with Crippen molar-refractivity contribution in [1.29, 1.82) is 0 Å². The van der Waals surface area contributed by atoms with Crippen LogP contribution in [0.1, 0.15) is 6.92 Å². The molecular weight excluding hydrogens is 91.0 g/mol. The minimum absolute atomic E-state index is 0.417. The molecule has 0 unspecified atom stereocenters. The average molecular weight is 102 g/mol. The zero-order valence-electron chi connectivity index (χ0n) is 4.69. The summed E-state index contributed by atoms with van der Waals surface area (Å²) in [7, 11) is 0. The van der Waals surface area contributed by atoms with Crippen LogP contribution in [-0.2, 0) is 4.79 Å². The summed E-state index contributed by atoms with van der Waals surface area (Å²) in [6.45, 7) is 1.44. The highest BCUT2D eigenvalue weighted by Gasteiger charge is 1.48. The molecule has 2 heteroatoms. The Hall–Kier alpha value is 0.202. The smallest absolute Gasteiger partial charge is 0.229 e. The van der Waals surface area contributed by atoms with Crippen molar-refractivity contribution < 1.29 is 4.79 Å². The van der Waals surface area contributed by atoms with Crippen LogP contribution < -0.4 is 0 Å². The summed E-state index contributed by atoms with van der Waals surface area (Å²) in [4.78, 5) is 8.81. The fourth-order valence-corrected chi connectivity index (χ4v) is 0. The van der Waals surface area contributed by atoms with E-state index in [1.165, 1.54) is 6.92 Å². The van der Waals surface area contributed by atoms with Gasteiger partial charge < -0.3 is 4.79 Å². The fourth-order valence-electron chi connectivity index (χ4n) is 0. The molecule has 0 atom stereocenters. The van der Waals surface area contributed by atoms with E-state index in [1.807, 2.05) is 0 Å². The van der Waals surface area contributed by atoms with Crippen LogP contribution in [0.15, 0.2) is 0 Å². The third-order valence-electron chi connectivity index (χ3n) is 0. The first kappa shape index (κ1) is 9.51. The van der Waals surface area contributed by atoms with Gasteiger partial charge >= 0.3 is 0 Å². The quantitative estimate of drug-likeness (QED) is 0.325. The monoisotopic (exact) mass is 102 g/mol. The summed E-state index contributed by atoms with van der Waals surface area (Å²) in [5.74, 6) is 4.53. The molecule has 0 aliphatic rings. The summed E-state index contributed by atoms with van der Waals surface area (Å²) in [5, 5.41) is 0. The lowest BCUT2D eigenvalue weighted by molar-refractivity contribution is -0.106. The second kappa shape index (κ2) is 18.9. The third kappa shape index (κ3) is 1050. The molecule has 0 aliphatic heterocycles. The van der Waals surface area contributed by atoms with Gasteiger partial charge in [-0.05, 0) is 6.92 Å². The van der Waals surface area contributed by atoms with Crippen molar-refractivity contribution in [3.05, 3.63) is 0 Å². The summed E-state index contributed by atoms with van der Waals surface area (Å²) in [6.07, 6.45) is 0.750. The SMILES string of the molecule is CC=O.[CH3][AlH][CH3]. The number of hydrogen-bond donors (Lipinski definition) is 0. The standard InChI is InChI=1S/C2H4O.2CH3.Al.H/c1-2-3;;;;/h2H,1H3;2*1H3;;. The van der Waals surface area contributed by atoms with Gasteiger partial charge in [-0.25, -0.2) is 0 Å². The maximum absolute atomic E-state index is 8.81. The van der Waals surface area contributed by atoms with Crippen molar-refractivity contribution in [1.82, 2.24) is 0 Å². The molecule has 0 spiro atoms. The molecule has 0 N–H and O–H groups in total. The lowest BCUT2D eigenvalue weighted by atomic mass is 11.0. The molecule has 0 aliphatic carbocycles. The highest BCUT2D eigenvalue weighted by atomic mass is 27.1. The largest absolute Gasteiger partial charge is 0.304 e. The van der Waals surface area contributed by atoms with Gasteiger partial charge in [0.2, 0.25) is 15.2 Å². The van der Waals surface area contributed by atoms with Crippen molar-refractivity contribution in [2.75, 3.05) is 0 Å². The molecule has 0 rings (SSSR count). The maximum Gasteiger partial charge on any atom is 0.229 e. The molecule has 0 aromatic heterocycles. The van der Waals surface area contributed by atoms with Gasteiger partial charge in [-0.1, -0.05) is 0 Å². The first-order chi connectivity index (χ1) is 2.83. The zero-order chi connectivity index (χ0) is 5.41. The number of aldehydes is 1. The van der Waals surface area contributed by atoms with Crippen molar-refractivity contribution in [2.45, 2.75) is 18.5 Å². The molecule has 0 saturated heterocycles. The molecule has 0 aromatic carbocycles. The van der Waals surface area contributed by atoms with Crippen LogP contribution in [0.4, 0.5) is 0 Å². The minimum Gasteiger partial charge on any atom is -0.304 e. The van der Waals surface area contributed by atoms with Gasteiger partial charge in [0.1, 0.15) is 6.29 Å². The Kier molecular flexibility index (Phi) is 30.0. The van der Waals surface area contributed by atoms with E-state index in [2.05, 4.69) is 11.6 Å². The molecule has 0 heterocycles. The van der Waals surface area contributed by atoms with E-state index < -0.39 is 0 Å². The number of rotatable bonds is 0. The maximum atomic E-state index is 8.81. The van der Waals surface area contributed by atoms with E-state index in [-0.39, 0.29) is 0 Å². The summed E-state index contributed by atoms with van der Waals surface area (Å²) >= 11 is 0.417. The van der Waals surface area contributed by atoms with Crippen LogP contribution in [0.2, 0.25) is 11.6 Å². The van der Waals surface area contributed by atoms with Crippen molar-refractivity contribution in [2.24, 2.45) is 0 Å². The molecule has 0 fully saturated rings. The van der Waals surface area contributed by atoms with E-state index in [4.69, 9.17) is 4.79 Å². The van der Waals surface area contributed by atoms with Gasteiger partial charge in [0.15, 0.2) is 0 Å². The van der Waals surface area contributed by atoms with Gasteiger partial charge in [0.25, 0.3) is 0 Å². The Morgan fingerprint density at radius 1 is 1.50 bits per heavy atom. The van der Waals surface area contributed by atoms with E-state index in [0.29, 0.717) is 15.2 Å². The Bertz CT molecular complexity index is 21.5. The van der Waals surface area contributed by atoms with Crippen molar-refractivity contribution in [3.8, 4) is 0 Å². The molecule has 0 aromatic rings. The van der Waals surface area contributed by atoms with Gasteiger partial charge in [-0.3, -0.25) is 0 Å². The van der Waals surface area contributed by atoms with Crippen LogP contribution in [0.25, 0.3) is 0 Å². The molecule has 0 radical (unpaired) electrons. The van der Waals surface area contributed by atoms with E-state index >= 15 is 0 Å². The molecule has 0 saturated carbocycles. The zero-order valence-corrected chi connectivity index (χ0v) is 6.11. The number of hydrogen-bond acceptors (Lipinski definition) is 1. The normalized spacial score (nSPS) is 4.50. The van der Waals surface area contributed by atoms with Crippen LogP contribution in [0, 0.1) is 0 Å². The number of carbonyl (C=O) groups is 1. The van der Waals surface area contributed by atoms with Crippen LogP contribution in [0.5, 0.6) is 0 Å². The highest BCUT2D eigenvalue weighted by Crippen LogP contribution is 1.36. The second-order valence-corrected chi connectivity index (χ2v) is 2.36. The van der Waals surface area contributed by atoms with Crippen LogP contribution in [0.3, 0.4) is 0 Å². The van der Waals surface area contributed by atoms with Crippen LogP contribution >= 0.6 is 0 Å². The minimum atomic E-state index is 0.417. The topological polar surface area (TPSA) is 17.1 Å². The Labute approximate surface area is 45.5 Å².